The Hall–Kier alpha value is -4.59. The van der Waals surface area contributed by atoms with Crippen LogP contribution in [0.15, 0.2) is 98.8 Å². The Labute approximate surface area is 226 Å². The summed E-state index contributed by atoms with van der Waals surface area (Å²) < 4.78 is 37.8. The molecule has 0 radical (unpaired) electrons. The highest BCUT2D eigenvalue weighted by Gasteiger charge is 2.25. The molecule has 1 heterocycles. The van der Waals surface area contributed by atoms with E-state index in [1.165, 1.54) is 6.07 Å². The summed E-state index contributed by atoms with van der Waals surface area (Å²) in [4.78, 5) is 2.50. The highest BCUT2D eigenvalue weighted by molar-refractivity contribution is 7.90. The van der Waals surface area contributed by atoms with E-state index in [1.807, 2.05) is 67.6 Å². The molecule has 2 aliphatic rings. The first-order chi connectivity index (χ1) is 18.9. The normalized spacial score (nSPS) is 11.4. The van der Waals surface area contributed by atoms with Crippen LogP contribution in [0, 0.1) is 6.92 Å². The van der Waals surface area contributed by atoms with E-state index in [-0.39, 0.29) is 4.90 Å². The van der Waals surface area contributed by atoms with Crippen LogP contribution in [-0.4, -0.2) is 21.5 Å². The van der Waals surface area contributed by atoms with E-state index in [9.17, 15) is 8.42 Å². The average molecular weight is 539 g/mol. The predicted molar refractivity (Wildman–Crippen MR) is 155 cm³/mol. The van der Waals surface area contributed by atoms with Gasteiger partial charge >= 0.3 is 0 Å². The van der Waals surface area contributed by atoms with Crippen molar-refractivity contribution in [3.63, 3.8) is 0 Å². The van der Waals surface area contributed by atoms with Crippen LogP contribution >= 0.6 is 0 Å². The van der Waals surface area contributed by atoms with Crippen molar-refractivity contribution in [2.45, 2.75) is 25.7 Å². The van der Waals surface area contributed by atoms with E-state index in [0.717, 1.165) is 46.3 Å². The summed E-state index contributed by atoms with van der Waals surface area (Å²) in [7, 11) is -4.27. The molecule has 0 saturated heterocycles. The van der Waals surface area contributed by atoms with E-state index in [4.69, 9.17) is 9.95 Å². The molecule has 0 unspecified atom stereocenters. The zero-order valence-corrected chi connectivity index (χ0v) is 22.7. The van der Waals surface area contributed by atoms with Gasteiger partial charge in [0.05, 0.1) is 11.0 Å². The van der Waals surface area contributed by atoms with Crippen LogP contribution in [0.1, 0.15) is 19.4 Å². The zero-order chi connectivity index (χ0) is 27.6. The van der Waals surface area contributed by atoms with Gasteiger partial charge in [0.15, 0.2) is 0 Å². The Morgan fingerprint density at radius 3 is 2.36 bits per heavy atom. The molecule has 1 N–H and O–H groups in total. The molecule has 0 amide bonds. The van der Waals surface area contributed by atoms with Crippen LogP contribution in [0.3, 0.4) is 0 Å². The molecule has 1 aliphatic carbocycles. The lowest BCUT2D eigenvalue weighted by Gasteiger charge is -2.19. The number of rotatable bonds is 7. The second-order valence-electron chi connectivity index (χ2n) is 9.13. The maximum Gasteiger partial charge on any atom is 0.264 e. The van der Waals surface area contributed by atoms with E-state index in [0.29, 0.717) is 22.5 Å². The molecule has 0 saturated carbocycles. The molecule has 3 aromatic carbocycles. The Kier molecular flexibility index (Phi) is 7.11. The average Bonchev–Trinajstić information content (AvgIpc) is 2.93. The molecule has 3 aromatic rings. The number of hydrogen-bond acceptors (Lipinski definition) is 4. The molecular formula is C30H28N5O3S+. The number of nitrogens with zero attached hydrogens (tertiary/aromatic N) is 4. The number of sulfonamides is 1. The van der Waals surface area contributed by atoms with Crippen LogP contribution < -0.4 is 15.2 Å². The van der Waals surface area contributed by atoms with Crippen molar-refractivity contribution in [3.05, 3.63) is 106 Å². The molecule has 1 aliphatic heterocycles. The largest absolute Gasteiger partial charge is 0.456 e. The van der Waals surface area contributed by atoms with Crippen LogP contribution in [0.4, 0.5) is 11.4 Å². The van der Waals surface area contributed by atoms with Crippen LogP contribution in [0.5, 0.6) is 0 Å². The van der Waals surface area contributed by atoms with Crippen molar-refractivity contribution in [3.8, 4) is 22.5 Å². The summed E-state index contributed by atoms with van der Waals surface area (Å²) in [5.74, 6) is 0.626. The third-order valence-corrected chi connectivity index (χ3v) is 8.01. The Morgan fingerprint density at radius 1 is 0.923 bits per heavy atom. The fraction of sp³-hybridized carbons (Fsp3) is 0.167. The van der Waals surface area contributed by atoms with Gasteiger partial charge in [-0.05, 0) is 68.3 Å². The summed E-state index contributed by atoms with van der Waals surface area (Å²) >= 11 is 0. The molecule has 9 heteroatoms. The minimum atomic E-state index is -4.27. The van der Waals surface area contributed by atoms with Crippen molar-refractivity contribution in [2.75, 3.05) is 18.4 Å². The summed E-state index contributed by atoms with van der Waals surface area (Å²) in [6.45, 7) is 7.86. The summed E-state index contributed by atoms with van der Waals surface area (Å²) in [5, 5.41) is 5.20. The number of para-hydroxylation sites is 1. The Morgan fingerprint density at radius 2 is 1.64 bits per heavy atom. The molecule has 0 spiro atoms. The quantitative estimate of drug-likeness (QED) is 0.0785. The molecule has 0 aromatic heterocycles. The molecule has 0 atom stereocenters. The standard InChI is InChI=1S/C30H28N5O3S/c1-4-35(5-2)22-15-16-23-28(18-22)38-27-17-20(3)26(32-21-11-7-6-8-12-21)19-25(27)30(23)24-13-9-10-14-29(24)39(36,37)34-33-31/h6-19,32H,4-5H2,1-3H3/q+1. The lowest BCUT2D eigenvalue weighted by molar-refractivity contribution is 0.597. The van der Waals surface area contributed by atoms with Crippen LogP contribution in [-0.2, 0) is 10.0 Å². The highest BCUT2D eigenvalue weighted by Crippen LogP contribution is 2.44. The zero-order valence-electron chi connectivity index (χ0n) is 21.9. The number of azide groups is 1. The van der Waals surface area contributed by atoms with Crippen molar-refractivity contribution >= 4 is 32.4 Å². The van der Waals surface area contributed by atoms with Gasteiger partial charge in [-0.1, -0.05) is 36.4 Å². The minimum Gasteiger partial charge on any atom is -0.456 e. The van der Waals surface area contributed by atoms with Gasteiger partial charge in [0, 0.05) is 48.9 Å². The third kappa shape index (κ3) is 4.97. The number of fused-ring (bicyclic) bond motifs is 2. The molecule has 5 rings (SSSR count). The second kappa shape index (κ2) is 10.6. The Balaban J connectivity index is 1.90. The highest BCUT2D eigenvalue weighted by atomic mass is 32.2. The van der Waals surface area contributed by atoms with Gasteiger partial charge in [0.2, 0.25) is 5.36 Å². The molecule has 0 fully saturated rings. The molecule has 39 heavy (non-hydrogen) atoms. The predicted octanol–water partition coefficient (Wildman–Crippen LogP) is 7.07. The van der Waals surface area contributed by atoms with Crippen molar-refractivity contribution in [2.24, 2.45) is 4.52 Å². The number of aryl methyl sites for hydroxylation is 1. The van der Waals surface area contributed by atoms with Gasteiger partial charge in [-0.3, -0.25) is 0 Å². The van der Waals surface area contributed by atoms with Crippen molar-refractivity contribution in [1.29, 1.82) is 0 Å². The smallest absolute Gasteiger partial charge is 0.264 e. The number of anilines is 2. The minimum absolute atomic E-state index is 0.0671. The molecule has 196 valence electrons. The maximum absolute atomic E-state index is 13.0. The van der Waals surface area contributed by atoms with E-state index < -0.39 is 10.0 Å². The van der Waals surface area contributed by atoms with E-state index in [2.05, 4.69) is 33.2 Å². The van der Waals surface area contributed by atoms with Gasteiger partial charge in [0.1, 0.15) is 24.4 Å². The fourth-order valence-electron chi connectivity index (χ4n) is 4.90. The Bertz CT molecular complexity index is 1880. The first kappa shape index (κ1) is 26.0. The first-order valence-corrected chi connectivity index (χ1v) is 14.1. The number of hydrogen-bond donors (Lipinski definition) is 1. The first-order valence-electron chi connectivity index (χ1n) is 12.7. The number of benzene rings is 4. The van der Waals surface area contributed by atoms with Crippen molar-refractivity contribution in [1.82, 2.24) is 4.58 Å². The van der Waals surface area contributed by atoms with Crippen molar-refractivity contribution < 1.29 is 12.8 Å². The van der Waals surface area contributed by atoms with Crippen LogP contribution in [0.25, 0.3) is 43.9 Å². The third-order valence-electron chi connectivity index (χ3n) is 6.81. The summed E-state index contributed by atoms with van der Waals surface area (Å²) in [6, 6.07) is 26.3. The number of nitrogens with one attached hydrogen (secondary N) is 1. The van der Waals surface area contributed by atoms with Gasteiger partial charge in [-0.2, -0.15) is 0 Å². The topological polar surface area (TPSA) is 111 Å². The van der Waals surface area contributed by atoms with E-state index >= 15 is 0 Å². The van der Waals surface area contributed by atoms with E-state index in [1.54, 1.807) is 18.2 Å². The summed E-state index contributed by atoms with van der Waals surface area (Å²) in [6.07, 6.45) is 0. The molecular weight excluding hydrogens is 510 g/mol. The monoisotopic (exact) mass is 538 g/mol. The maximum atomic E-state index is 13.0. The van der Waals surface area contributed by atoms with Gasteiger partial charge < -0.3 is 9.73 Å². The van der Waals surface area contributed by atoms with Crippen LogP contribution in [0.2, 0.25) is 0 Å². The second-order valence-corrected chi connectivity index (χ2v) is 10.7. The summed E-state index contributed by atoms with van der Waals surface area (Å²) in [5.41, 5.74) is 14.2. The SMILES string of the molecule is CC[N+](CC)=c1ccc2c(-c3ccccc3S(=O)(=O)N=[N+]=[N-])c3cc(Nc4ccccc4)c(C)cc3oc-2c1. The molecule has 0 bridgehead atoms. The lowest BCUT2D eigenvalue weighted by Crippen LogP contribution is -2.29. The van der Waals surface area contributed by atoms with Gasteiger partial charge in [0.25, 0.3) is 10.0 Å². The van der Waals surface area contributed by atoms with Gasteiger partial charge in [-0.25, -0.2) is 13.0 Å². The van der Waals surface area contributed by atoms with Gasteiger partial charge in [-0.15, -0.1) is 0 Å². The lowest BCUT2D eigenvalue weighted by atomic mass is 9.92. The fourth-order valence-corrected chi connectivity index (χ4v) is 5.79. The molecule has 8 nitrogen and oxygen atoms in total.